The number of amides is 1. The van der Waals surface area contributed by atoms with Gasteiger partial charge in [-0.2, -0.15) is 0 Å². The molecule has 9 heteroatoms. The van der Waals surface area contributed by atoms with E-state index < -0.39 is 24.1 Å². The fraction of sp³-hybridized carbons (Fsp3) is 0.333. The number of nitrogens with two attached hydrogens (primary N) is 1. The van der Waals surface area contributed by atoms with Crippen LogP contribution in [0.25, 0.3) is 10.2 Å². The fourth-order valence-corrected chi connectivity index (χ4v) is 4.82. The number of likely N-dealkylation sites (tertiary alicyclic amines) is 1. The number of nitrogens with zero attached hydrogens (tertiary/aromatic N) is 2. The molecule has 0 saturated carbocycles. The van der Waals surface area contributed by atoms with E-state index in [2.05, 4.69) is 9.72 Å². The largest absolute Gasteiger partial charge is 0.573 e. The lowest BCUT2D eigenvalue weighted by atomic mass is 9.95. The maximum Gasteiger partial charge on any atom is 0.573 e. The minimum absolute atomic E-state index is 0.127. The Labute approximate surface area is 175 Å². The molecule has 3 aromatic rings. The molecule has 5 nitrogen and oxygen atoms in total. The summed E-state index contributed by atoms with van der Waals surface area (Å²) in [7, 11) is 0. The molecule has 2 N–H and O–H groups in total. The van der Waals surface area contributed by atoms with Crippen LogP contribution < -0.4 is 10.5 Å². The number of halogens is 3. The molecule has 2 unspecified atom stereocenters. The van der Waals surface area contributed by atoms with E-state index in [0.29, 0.717) is 18.0 Å². The molecule has 0 spiro atoms. The number of piperidine rings is 1. The van der Waals surface area contributed by atoms with Gasteiger partial charge < -0.3 is 15.4 Å². The van der Waals surface area contributed by atoms with Crippen molar-refractivity contribution in [3.63, 3.8) is 0 Å². The van der Waals surface area contributed by atoms with Gasteiger partial charge in [-0.25, -0.2) is 4.98 Å². The number of hydrogen-bond donors (Lipinski definition) is 1. The second-order valence-electron chi connectivity index (χ2n) is 7.15. The van der Waals surface area contributed by atoms with Crippen molar-refractivity contribution in [2.45, 2.75) is 37.7 Å². The summed E-state index contributed by atoms with van der Waals surface area (Å²) in [5.74, 6) is -1.02. The Kier molecular flexibility index (Phi) is 5.66. The van der Waals surface area contributed by atoms with Crippen LogP contribution >= 0.6 is 11.3 Å². The van der Waals surface area contributed by atoms with Gasteiger partial charge in [0.2, 0.25) is 0 Å². The first-order valence-electron chi connectivity index (χ1n) is 9.60. The maximum absolute atomic E-state index is 13.2. The molecule has 1 aliphatic heterocycles. The van der Waals surface area contributed by atoms with E-state index in [4.69, 9.17) is 5.73 Å². The molecule has 2 aromatic carbocycles. The number of thiazole rings is 1. The van der Waals surface area contributed by atoms with E-state index in [-0.39, 0.29) is 11.6 Å². The number of alkyl halides is 3. The Balaban J connectivity index is 1.63. The van der Waals surface area contributed by atoms with Gasteiger partial charge in [0.15, 0.2) is 0 Å². The van der Waals surface area contributed by atoms with Crippen LogP contribution in [0.15, 0.2) is 48.5 Å². The second kappa shape index (κ2) is 8.23. The smallest absolute Gasteiger partial charge is 0.405 e. The van der Waals surface area contributed by atoms with Gasteiger partial charge >= 0.3 is 6.36 Å². The predicted octanol–water partition coefficient (Wildman–Crippen LogP) is 4.89. The van der Waals surface area contributed by atoms with Gasteiger partial charge in [-0.15, -0.1) is 24.5 Å². The van der Waals surface area contributed by atoms with E-state index in [1.54, 1.807) is 4.90 Å². The lowest BCUT2D eigenvalue weighted by Crippen LogP contribution is -2.49. The molecular weight excluding hydrogens is 415 g/mol. The van der Waals surface area contributed by atoms with E-state index in [9.17, 15) is 18.0 Å². The Morgan fingerprint density at radius 3 is 2.67 bits per heavy atom. The third-order valence-corrected chi connectivity index (χ3v) is 6.30. The van der Waals surface area contributed by atoms with Crippen LogP contribution in [0.3, 0.4) is 0 Å². The number of ether oxygens (including phenoxy) is 1. The summed E-state index contributed by atoms with van der Waals surface area (Å²) >= 11 is 1.47. The van der Waals surface area contributed by atoms with E-state index >= 15 is 0 Å². The Morgan fingerprint density at radius 2 is 1.90 bits per heavy atom. The highest BCUT2D eigenvalue weighted by Crippen LogP contribution is 2.34. The van der Waals surface area contributed by atoms with Crippen molar-refractivity contribution in [2.24, 2.45) is 5.73 Å². The standard InChI is InChI=1S/C21H20F3N3O2S/c22-21(23,24)29-16-10-3-1-7-13(16)20(28)27-12-6-5-9-15(27)18(25)19-26-14-8-2-4-11-17(14)30-19/h1-4,7-8,10-11,15,18H,5-6,9,12,25H2. The number of carbonyl (C=O) groups excluding carboxylic acids is 1. The first-order chi connectivity index (χ1) is 14.3. The van der Waals surface area contributed by atoms with Gasteiger partial charge in [-0.1, -0.05) is 24.3 Å². The van der Waals surface area contributed by atoms with Crippen LogP contribution in [0.5, 0.6) is 5.75 Å². The number of benzene rings is 2. The van der Waals surface area contributed by atoms with Gasteiger partial charge in [0.05, 0.1) is 27.9 Å². The van der Waals surface area contributed by atoms with Crippen molar-refractivity contribution in [3.8, 4) is 5.75 Å². The maximum atomic E-state index is 13.2. The van der Waals surface area contributed by atoms with Crippen molar-refractivity contribution < 1.29 is 22.7 Å². The van der Waals surface area contributed by atoms with E-state index in [0.717, 1.165) is 29.1 Å². The second-order valence-corrected chi connectivity index (χ2v) is 8.21. The third-order valence-electron chi connectivity index (χ3n) is 5.16. The molecule has 30 heavy (non-hydrogen) atoms. The monoisotopic (exact) mass is 435 g/mol. The van der Waals surface area contributed by atoms with Crippen LogP contribution in [-0.4, -0.2) is 34.7 Å². The molecule has 1 fully saturated rings. The lowest BCUT2D eigenvalue weighted by molar-refractivity contribution is -0.274. The summed E-state index contributed by atoms with van der Waals surface area (Å²) < 4.78 is 43.4. The average Bonchev–Trinajstić information content (AvgIpc) is 3.16. The Hall–Kier alpha value is -2.65. The molecule has 4 rings (SSSR count). The number of carbonyl (C=O) groups is 1. The van der Waals surface area contributed by atoms with Gasteiger partial charge in [0.1, 0.15) is 10.8 Å². The van der Waals surface area contributed by atoms with E-state index in [1.807, 2.05) is 24.3 Å². The molecule has 2 atom stereocenters. The van der Waals surface area contributed by atoms with Gasteiger partial charge in [-0.3, -0.25) is 4.79 Å². The molecule has 0 radical (unpaired) electrons. The van der Waals surface area contributed by atoms with Crippen LogP contribution in [0, 0.1) is 0 Å². The minimum Gasteiger partial charge on any atom is -0.405 e. The highest BCUT2D eigenvalue weighted by Gasteiger charge is 2.37. The molecule has 158 valence electrons. The summed E-state index contributed by atoms with van der Waals surface area (Å²) in [5, 5.41) is 0.709. The summed E-state index contributed by atoms with van der Waals surface area (Å²) in [6, 6.07) is 12.2. The first-order valence-corrected chi connectivity index (χ1v) is 10.4. The van der Waals surface area contributed by atoms with Crippen molar-refractivity contribution in [1.29, 1.82) is 0 Å². The topological polar surface area (TPSA) is 68.5 Å². The number of para-hydroxylation sites is 2. The molecule has 1 aromatic heterocycles. The quantitative estimate of drug-likeness (QED) is 0.634. The molecule has 2 heterocycles. The summed E-state index contributed by atoms with van der Waals surface area (Å²) in [6.07, 6.45) is -2.58. The highest BCUT2D eigenvalue weighted by atomic mass is 32.1. The third kappa shape index (κ3) is 4.27. The number of hydrogen-bond acceptors (Lipinski definition) is 5. The van der Waals surface area contributed by atoms with Crippen LogP contribution in [0.1, 0.15) is 40.7 Å². The minimum atomic E-state index is -4.88. The summed E-state index contributed by atoms with van der Waals surface area (Å²) in [5.41, 5.74) is 7.23. The molecule has 0 aliphatic carbocycles. The van der Waals surface area contributed by atoms with Crippen LogP contribution in [0.4, 0.5) is 13.2 Å². The molecule has 1 amide bonds. The number of rotatable bonds is 4. The SMILES string of the molecule is NC(c1nc2ccccc2s1)C1CCCCN1C(=O)c1ccccc1OC(F)(F)F. The molecule has 0 bridgehead atoms. The molecule has 1 aliphatic rings. The van der Waals surface area contributed by atoms with Crippen LogP contribution in [0.2, 0.25) is 0 Å². The van der Waals surface area contributed by atoms with Crippen molar-refractivity contribution >= 4 is 27.5 Å². The molecule has 1 saturated heterocycles. The molecular formula is C21H20F3N3O2S. The first kappa shape index (κ1) is 20.6. The zero-order chi connectivity index (χ0) is 21.3. The zero-order valence-corrected chi connectivity index (χ0v) is 16.7. The summed E-state index contributed by atoms with van der Waals surface area (Å²) in [4.78, 5) is 19.4. The van der Waals surface area contributed by atoms with Crippen molar-refractivity contribution in [2.75, 3.05) is 6.54 Å². The normalized spacial score (nSPS) is 18.4. The lowest BCUT2D eigenvalue weighted by Gasteiger charge is -2.38. The Morgan fingerprint density at radius 1 is 1.17 bits per heavy atom. The van der Waals surface area contributed by atoms with E-state index in [1.165, 1.54) is 29.5 Å². The van der Waals surface area contributed by atoms with Crippen molar-refractivity contribution in [3.05, 3.63) is 59.1 Å². The van der Waals surface area contributed by atoms with Gasteiger partial charge in [-0.05, 0) is 43.5 Å². The highest BCUT2D eigenvalue weighted by molar-refractivity contribution is 7.18. The summed E-state index contributed by atoms with van der Waals surface area (Å²) in [6.45, 7) is 0.419. The number of fused-ring (bicyclic) bond motifs is 1. The average molecular weight is 435 g/mol. The van der Waals surface area contributed by atoms with Gasteiger partial charge in [0, 0.05) is 6.54 Å². The predicted molar refractivity (Wildman–Crippen MR) is 108 cm³/mol. The fourth-order valence-electron chi connectivity index (χ4n) is 3.79. The van der Waals surface area contributed by atoms with Gasteiger partial charge in [0.25, 0.3) is 5.91 Å². The Bertz CT molecular complexity index is 1020. The number of aromatic nitrogens is 1. The zero-order valence-electron chi connectivity index (χ0n) is 15.9. The van der Waals surface area contributed by atoms with Crippen molar-refractivity contribution in [1.82, 2.24) is 9.88 Å². The van der Waals surface area contributed by atoms with Crippen LogP contribution in [-0.2, 0) is 0 Å².